The van der Waals surface area contributed by atoms with Crippen LogP contribution in [-0.2, 0) is 14.8 Å². The molecule has 2 amide bonds. The molecule has 0 aliphatic carbocycles. The lowest BCUT2D eigenvalue weighted by molar-refractivity contribution is -0.115. The van der Waals surface area contributed by atoms with Gasteiger partial charge in [-0.1, -0.05) is 29.8 Å². The second kappa shape index (κ2) is 9.59. The monoisotopic (exact) mass is 461 g/mol. The molecule has 0 aliphatic heterocycles. The zero-order valence-corrected chi connectivity index (χ0v) is 17.5. The van der Waals surface area contributed by atoms with Crippen LogP contribution >= 0.6 is 11.6 Å². The van der Waals surface area contributed by atoms with Crippen molar-refractivity contribution in [3.05, 3.63) is 89.2 Å². The Kier molecular flexibility index (Phi) is 6.88. The summed E-state index contributed by atoms with van der Waals surface area (Å²) < 4.78 is 40.5. The first-order valence-electron chi connectivity index (χ1n) is 8.95. The molecule has 0 heterocycles. The van der Waals surface area contributed by atoms with Gasteiger partial charge in [-0.05, 0) is 54.6 Å². The Morgan fingerprint density at radius 2 is 1.58 bits per heavy atom. The van der Waals surface area contributed by atoms with E-state index >= 15 is 0 Å². The van der Waals surface area contributed by atoms with E-state index in [9.17, 15) is 22.4 Å². The first-order chi connectivity index (χ1) is 14.7. The van der Waals surface area contributed by atoms with Gasteiger partial charge in [-0.3, -0.25) is 14.3 Å². The van der Waals surface area contributed by atoms with E-state index in [-0.39, 0.29) is 27.7 Å². The highest BCUT2D eigenvalue weighted by Crippen LogP contribution is 2.22. The summed E-state index contributed by atoms with van der Waals surface area (Å²) in [6.45, 7) is -0.338. The summed E-state index contributed by atoms with van der Waals surface area (Å²) in [5.41, 5.74) is 0.607. The third-order valence-electron chi connectivity index (χ3n) is 4.06. The average molecular weight is 462 g/mol. The quantitative estimate of drug-likeness (QED) is 0.499. The van der Waals surface area contributed by atoms with Crippen LogP contribution in [0.25, 0.3) is 0 Å². The predicted octanol–water partition coefficient (Wildman–Crippen LogP) is 3.65. The molecule has 0 spiro atoms. The van der Waals surface area contributed by atoms with Crippen LogP contribution in [0.15, 0.2) is 77.7 Å². The molecule has 0 aromatic heterocycles. The Balaban J connectivity index is 1.70. The van der Waals surface area contributed by atoms with Gasteiger partial charge in [0.2, 0.25) is 5.91 Å². The molecule has 3 aromatic rings. The van der Waals surface area contributed by atoms with Gasteiger partial charge in [0.05, 0.1) is 22.0 Å². The number of amides is 2. The molecule has 3 aromatic carbocycles. The van der Waals surface area contributed by atoms with E-state index < -0.39 is 27.7 Å². The van der Waals surface area contributed by atoms with Gasteiger partial charge in [0.1, 0.15) is 5.82 Å². The summed E-state index contributed by atoms with van der Waals surface area (Å²) in [4.78, 5) is 24.2. The van der Waals surface area contributed by atoms with Gasteiger partial charge in [0, 0.05) is 11.4 Å². The van der Waals surface area contributed by atoms with Gasteiger partial charge < -0.3 is 10.6 Å². The van der Waals surface area contributed by atoms with Gasteiger partial charge in [-0.25, -0.2) is 12.8 Å². The summed E-state index contributed by atoms with van der Waals surface area (Å²) in [6, 6.07) is 17.0. The van der Waals surface area contributed by atoms with E-state index in [2.05, 4.69) is 15.4 Å². The highest BCUT2D eigenvalue weighted by Gasteiger charge is 2.19. The van der Waals surface area contributed by atoms with Crippen LogP contribution in [-0.4, -0.2) is 26.8 Å². The number of anilines is 2. The maximum absolute atomic E-state index is 13.0. The maximum atomic E-state index is 13.0. The van der Waals surface area contributed by atoms with Crippen LogP contribution in [0.3, 0.4) is 0 Å². The lowest BCUT2D eigenvalue weighted by atomic mass is 10.2. The fourth-order valence-electron chi connectivity index (χ4n) is 2.56. The van der Waals surface area contributed by atoms with Crippen LogP contribution in [0, 0.1) is 5.82 Å². The second-order valence-corrected chi connectivity index (χ2v) is 8.44. The van der Waals surface area contributed by atoms with E-state index in [1.807, 2.05) is 0 Å². The maximum Gasteiger partial charge on any atom is 0.261 e. The van der Waals surface area contributed by atoms with E-state index in [1.165, 1.54) is 24.3 Å². The highest BCUT2D eigenvalue weighted by molar-refractivity contribution is 7.92. The van der Waals surface area contributed by atoms with Gasteiger partial charge in [-0.2, -0.15) is 0 Å². The normalized spacial score (nSPS) is 10.9. The minimum Gasteiger partial charge on any atom is -0.343 e. The van der Waals surface area contributed by atoms with E-state index in [4.69, 9.17) is 11.6 Å². The Labute approximate surface area is 183 Å². The number of hydrogen-bond acceptors (Lipinski definition) is 4. The molecule has 0 saturated heterocycles. The van der Waals surface area contributed by atoms with Crippen LogP contribution < -0.4 is 15.4 Å². The van der Waals surface area contributed by atoms with Crippen molar-refractivity contribution < 1.29 is 22.4 Å². The molecule has 3 N–H and O–H groups in total. The van der Waals surface area contributed by atoms with Crippen molar-refractivity contribution in [3.8, 4) is 0 Å². The minimum absolute atomic E-state index is 0.0155. The summed E-state index contributed by atoms with van der Waals surface area (Å²) in [5, 5.41) is 5.03. The Hall–Kier alpha value is -3.43. The lowest BCUT2D eigenvalue weighted by Crippen LogP contribution is -2.33. The van der Waals surface area contributed by atoms with E-state index in [1.54, 1.807) is 30.3 Å². The van der Waals surface area contributed by atoms with Gasteiger partial charge in [-0.15, -0.1) is 0 Å². The Bertz CT molecular complexity index is 1200. The van der Waals surface area contributed by atoms with Gasteiger partial charge in [0.15, 0.2) is 0 Å². The number of rotatable bonds is 7. The Morgan fingerprint density at radius 3 is 2.26 bits per heavy atom. The summed E-state index contributed by atoms with van der Waals surface area (Å²) in [6.07, 6.45) is 0. The molecule has 0 radical (unpaired) electrons. The fraction of sp³-hybridized carbons (Fsp3) is 0.0476. The number of sulfonamides is 1. The molecule has 0 atom stereocenters. The number of carbonyl (C=O) groups excluding carboxylic acids is 2. The molecule has 10 heteroatoms. The molecular weight excluding hydrogens is 445 g/mol. The minimum atomic E-state index is -4.06. The number of nitrogens with one attached hydrogen (secondary N) is 3. The van der Waals surface area contributed by atoms with Crippen molar-refractivity contribution >= 4 is 44.8 Å². The summed E-state index contributed by atoms with van der Waals surface area (Å²) in [7, 11) is -4.06. The van der Waals surface area contributed by atoms with Gasteiger partial charge >= 0.3 is 0 Å². The first kappa shape index (κ1) is 22.3. The zero-order chi connectivity index (χ0) is 22.4. The molecule has 0 unspecified atom stereocenters. The summed E-state index contributed by atoms with van der Waals surface area (Å²) >= 11 is 6.05. The largest absolute Gasteiger partial charge is 0.343 e. The average Bonchev–Trinajstić information content (AvgIpc) is 2.74. The molecule has 31 heavy (non-hydrogen) atoms. The van der Waals surface area contributed by atoms with Crippen LogP contribution in [0.1, 0.15) is 10.4 Å². The molecular formula is C21H17ClFN3O4S. The van der Waals surface area contributed by atoms with E-state index in [0.29, 0.717) is 5.69 Å². The van der Waals surface area contributed by atoms with Crippen LogP contribution in [0.2, 0.25) is 5.02 Å². The third kappa shape index (κ3) is 6.03. The molecule has 0 fully saturated rings. The number of halogens is 2. The SMILES string of the molecule is O=C(CNC(=O)c1cc(S(=O)(=O)Nc2ccc(F)cc2)ccc1Cl)Nc1ccccc1. The lowest BCUT2D eigenvalue weighted by Gasteiger charge is -2.11. The predicted molar refractivity (Wildman–Crippen MR) is 116 cm³/mol. The molecule has 7 nitrogen and oxygen atoms in total. The summed E-state index contributed by atoms with van der Waals surface area (Å²) in [5.74, 6) is -1.69. The van der Waals surface area contributed by atoms with Crippen molar-refractivity contribution in [1.82, 2.24) is 5.32 Å². The number of para-hydroxylation sites is 1. The smallest absolute Gasteiger partial charge is 0.261 e. The van der Waals surface area contributed by atoms with Crippen molar-refractivity contribution in [1.29, 1.82) is 0 Å². The topological polar surface area (TPSA) is 104 Å². The number of benzene rings is 3. The molecule has 0 saturated carbocycles. The first-order valence-corrected chi connectivity index (χ1v) is 10.8. The molecule has 0 bridgehead atoms. The third-order valence-corrected chi connectivity index (χ3v) is 5.76. The van der Waals surface area contributed by atoms with Crippen molar-refractivity contribution in [2.75, 3.05) is 16.6 Å². The molecule has 0 aliphatic rings. The van der Waals surface area contributed by atoms with Crippen molar-refractivity contribution in [2.24, 2.45) is 0 Å². The zero-order valence-electron chi connectivity index (χ0n) is 15.9. The Morgan fingerprint density at radius 1 is 0.903 bits per heavy atom. The number of hydrogen-bond donors (Lipinski definition) is 3. The molecule has 160 valence electrons. The molecule has 3 rings (SSSR count). The highest BCUT2D eigenvalue weighted by atomic mass is 35.5. The number of carbonyl (C=O) groups is 2. The van der Waals surface area contributed by atoms with Crippen LogP contribution in [0.5, 0.6) is 0 Å². The van der Waals surface area contributed by atoms with E-state index in [0.717, 1.165) is 18.2 Å². The standard InChI is InChI=1S/C21H17ClFN3O4S/c22-19-11-10-17(31(29,30)26-16-8-6-14(23)7-9-16)12-18(19)21(28)24-13-20(27)25-15-4-2-1-3-5-15/h1-12,26H,13H2,(H,24,28)(H,25,27). The second-order valence-electron chi connectivity index (χ2n) is 6.35. The van der Waals surface area contributed by atoms with Crippen molar-refractivity contribution in [2.45, 2.75) is 4.90 Å². The van der Waals surface area contributed by atoms with Gasteiger partial charge in [0.25, 0.3) is 15.9 Å². The fourth-order valence-corrected chi connectivity index (χ4v) is 3.85. The van der Waals surface area contributed by atoms with Crippen LogP contribution in [0.4, 0.5) is 15.8 Å². The van der Waals surface area contributed by atoms with Crippen molar-refractivity contribution in [3.63, 3.8) is 0 Å².